The van der Waals surface area contributed by atoms with Gasteiger partial charge in [0, 0.05) is 0 Å². The van der Waals surface area contributed by atoms with E-state index in [1.165, 1.54) is 5.56 Å². The molecule has 0 heterocycles. The Kier molecular flexibility index (Phi) is 2.83. The van der Waals surface area contributed by atoms with E-state index in [0.717, 1.165) is 18.4 Å². The van der Waals surface area contributed by atoms with Crippen LogP contribution in [0.15, 0.2) is 24.3 Å². The van der Waals surface area contributed by atoms with Crippen LogP contribution in [-0.2, 0) is 21.9 Å². The first-order valence-electron chi connectivity index (χ1n) is 5.23. The van der Waals surface area contributed by atoms with Crippen LogP contribution < -0.4 is 0 Å². The molecule has 1 radical (unpaired) electrons. The fourth-order valence-corrected chi connectivity index (χ4v) is 3.55. The molecule has 3 heteroatoms. The van der Waals surface area contributed by atoms with Gasteiger partial charge in [0.25, 0.3) is 0 Å². The van der Waals surface area contributed by atoms with Crippen LogP contribution >= 0.6 is 0 Å². The number of fused-ring (bicyclic) bond motifs is 1. The van der Waals surface area contributed by atoms with Crippen molar-refractivity contribution in [3.63, 3.8) is 0 Å². The second-order valence-electron chi connectivity index (χ2n) is 4.05. The van der Waals surface area contributed by atoms with Crippen molar-refractivity contribution in [2.75, 3.05) is 0 Å². The van der Waals surface area contributed by atoms with E-state index in [4.69, 9.17) is 0 Å². The summed E-state index contributed by atoms with van der Waals surface area (Å²) in [5, 5.41) is 0. The number of thiol groups is 1. The first kappa shape index (κ1) is 10.7. The predicted molar refractivity (Wildman–Crippen MR) is 61.3 cm³/mol. The van der Waals surface area contributed by atoms with Gasteiger partial charge in [0.2, 0.25) is 0 Å². The minimum atomic E-state index is -2.42. The van der Waals surface area contributed by atoms with Crippen molar-refractivity contribution in [1.29, 1.82) is 0 Å². The Labute approximate surface area is 92.3 Å². The Hall–Kier alpha value is -0.830. The van der Waals surface area contributed by atoms with Crippen LogP contribution in [0.25, 0.3) is 0 Å². The van der Waals surface area contributed by atoms with Gasteiger partial charge >= 0.3 is 0 Å². The third kappa shape index (κ3) is 1.59. The van der Waals surface area contributed by atoms with E-state index >= 15 is 0 Å². The second kappa shape index (κ2) is 3.97. The zero-order valence-corrected chi connectivity index (χ0v) is 9.50. The Bertz CT molecular complexity index is 425. The van der Waals surface area contributed by atoms with Crippen molar-refractivity contribution in [3.05, 3.63) is 42.3 Å². The van der Waals surface area contributed by atoms with Crippen molar-refractivity contribution in [2.45, 2.75) is 30.4 Å². The lowest BCUT2D eigenvalue weighted by Gasteiger charge is -2.22. The fraction of sp³-hybridized carbons (Fsp3) is 0.417. The van der Waals surface area contributed by atoms with Gasteiger partial charge in [0.1, 0.15) is 10.7 Å². The van der Waals surface area contributed by atoms with E-state index in [0.29, 0.717) is 12.8 Å². The van der Waals surface area contributed by atoms with Crippen molar-refractivity contribution >= 4 is 10.7 Å². The molecule has 1 unspecified atom stereocenters. The Morgan fingerprint density at radius 1 is 1.33 bits per heavy atom. The largest absolute Gasteiger partial charge is 0.231 e. The first-order chi connectivity index (χ1) is 7.20. The molecular weight excluding hydrogens is 208 g/mol. The summed E-state index contributed by atoms with van der Waals surface area (Å²) >= 11 is 0. The van der Waals surface area contributed by atoms with Crippen LogP contribution in [0.1, 0.15) is 30.4 Å². The van der Waals surface area contributed by atoms with E-state index in [-0.39, 0.29) is 0 Å². The smallest absolute Gasteiger partial charge is 0.150 e. The van der Waals surface area contributed by atoms with Crippen LogP contribution in [0.3, 0.4) is 0 Å². The number of hydrogen-bond donors (Lipinski definition) is 1. The summed E-state index contributed by atoms with van der Waals surface area (Å²) in [6.07, 6.45) is 2.90. The highest BCUT2D eigenvalue weighted by molar-refractivity contribution is 7.73. The van der Waals surface area contributed by atoms with E-state index in [1.54, 1.807) is 0 Å². The quantitative estimate of drug-likeness (QED) is 0.796. The third-order valence-corrected chi connectivity index (χ3v) is 4.65. The van der Waals surface area contributed by atoms with Gasteiger partial charge in [-0.1, -0.05) is 37.6 Å². The predicted octanol–water partition coefficient (Wildman–Crippen LogP) is 2.05. The van der Waals surface area contributed by atoms with Crippen LogP contribution in [0.5, 0.6) is 0 Å². The van der Waals surface area contributed by atoms with Crippen LogP contribution in [0.4, 0.5) is 0 Å². The van der Waals surface area contributed by atoms with Crippen LogP contribution in [-0.4, -0.2) is 8.42 Å². The Morgan fingerprint density at radius 3 is 2.73 bits per heavy atom. The molecule has 0 saturated carbocycles. The third-order valence-electron chi connectivity index (χ3n) is 3.27. The number of hydrogen-bond acceptors (Lipinski definition) is 2. The molecule has 1 aromatic rings. The lowest BCUT2D eigenvalue weighted by molar-refractivity contribution is 0.506. The van der Waals surface area contributed by atoms with E-state index in [2.05, 4.69) is 6.92 Å². The molecule has 1 atom stereocenters. The second-order valence-corrected chi connectivity index (χ2v) is 5.42. The van der Waals surface area contributed by atoms with Crippen LogP contribution in [0.2, 0.25) is 0 Å². The van der Waals surface area contributed by atoms with Gasteiger partial charge in [-0.05, 0) is 30.4 Å². The molecule has 0 aliphatic heterocycles. The van der Waals surface area contributed by atoms with Gasteiger partial charge in [0.05, 0.1) is 4.75 Å². The molecule has 0 saturated heterocycles. The minimum absolute atomic E-state index is 0.631. The van der Waals surface area contributed by atoms with Gasteiger partial charge in [-0.3, -0.25) is 0 Å². The van der Waals surface area contributed by atoms with Crippen molar-refractivity contribution < 1.29 is 8.42 Å². The number of benzene rings is 1. The normalized spacial score (nSPS) is 24.4. The monoisotopic (exact) mass is 223 g/mol. The molecule has 2 rings (SSSR count). The van der Waals surface area contributed by atoms with E-state index < -0.39 is 15.5 Å². The molecule has 0 bridgehead atoms. The summed E-state index contributed by atoms with van der Waals surface area (Å²) in [5.41, 5.74) is 2.19. The van der Waals surface area contributed by atoms with Gasteiger partial charge in [0.15, 0.2) is 0 Å². The maximum Gasteiger partial charge on any atom is 0.150 e. The SMILES string of the molecule is [CH2]CCC1([SH](=O)=O)CCc2ccccc21. The maximum atomic E-state index is 11.5. The summed E-state index contributed by atoms with van der Waals surface area (Å²) in [6.45, 7) is 3.78. The summed E-state index contributed by atoms with van der Waals surface area (Å²) in [7, 11) is -2.42. The number of aryl methyl sites for hydroxylation is 1. The molecule has 0 N–H and O–H groups in total. The molecule has 0 amide bonds. The highest BCUT2D eigenvalue weighted by Crippen LogP contribution is 2.42. The standard InChI is InChI=1S/C12H15O2S/c1-2-8-12(15(13)14)9-7-10-5-3-4-6-11(10)12/h3-6,15H,1-2,7-9H2. The molecule has 1 aromatic carbocycles. The fourth-order valence-electron chi connectivity index (χ4n) is 2.50. The first-order valence-corrected chi connectivity index (χ1v) is 6.40. The Balaban J connectivity index is 2.53. The lowest BCUT2D eigenvalue weighted by atomic mass is 9.95. The molecule has 2 nitrogen and oxygen atoms in total. The molecule has 1 aliphatic carbocycles. The van der Waals surface area contributed by atoms with Crippen molar-refractivity contribution in [2.24, 2.45) is 0 Å². The Morgan fingerprint density at radius 2 is 2.07 bits per heavy atom. The van der Waals surface area contributed by atoms with Gasteiger partial charge in [-0.15, -0.1) is 0 Å². The van der Waals surface area contributed by atoms with Crippen molar-refractivity contribution in [3.8, 4) is 0 Å². The highest BCUT2D eigenvalue weighted by atomic mass is 32.2. The lowest BCUT2D eigenvalue weighted by Crippen LogP contribution is -2.24. The summed E-state index contributed by atoms with van der Waals surface area (Å²) in [6, 6.07) is 7.86. The zero-order valence-electron chi connectivity index (χ0n) is 8.61. The molecule has 0 fully saturated rings. The topological polar surface area (TPSA) is 34.1 Å². The average Bonchev–Trinajstić information content (AvgIpc) is 2.60. The molecule has 81 valence electrons. The van der Waals surface area contributed by atoms with Crippen molar-refractivity contribution in [1.82, 2.24) is 0 Å². The molecule has 1 aliphatic rings. The highest BCUT2D eigenvalue weighted by Gasteiger charge is 2.40. The average molecular weight is 223 g/mol. The van der Waals surface area contributed by atoms with Gasteiger partial charge in [-0.2, -0.15) is 0 Å². The molecule has 0 spiro atoms. The van der Waals surface area contributed by atoms with Crippen LogP contribution in [0, 0.1) is 6.92 Å². The maximum absolute atomic E-state index is 11.5. The molecule has 0 aromatic heterocycles. The number of rotatable bonds is 3. The summed E-state index contributed by atoms with van der Waals surface area (Å²) < 4.78 is 22.3. The molecule has 15 heavy (non-hydrogen) atoms. The van der Waals surface area contributed by atoms with E-state index in [1.807, 2.05) is 24.3 Å². The van der Waals surface area contributed by atoms with E-state index in [9.17, 15) is 8.42 Å². The zero-order chi connectivity index (χ0) is 10.9. The van der Waals surface area contributed by atoms with Gasteiger partial charge in [-0.25, -0.2) is 8.42 Å². The minimum Gasteiger partial charge on any atom is -0.231 e. The van der Waals surface area contributed by atoms with Gasteiger partial charge < -0.3 is 0 Å². The summed E-state index contributed by atoms with van der Waals surface area (Å²) in [5.74, 6) is 0. The summed E-state index contributed by atoms with van der Waals surface area (Å²) in [4.78, 5) is 0. The molecular formula is C12H15O2S.